The van der Waals surface area contributed by atoms with Crippen LogP contribution in [0.2, 0.25) is 5.02 Å². The first-order chi connectivity index (χ1) is 11.8. The predicted octanol–water partition coefficient (Wildman–Crippen LogP) is 2.54. The van der Waals surface area contributed by atoms with Gasteiger partial charge in [0.2, 0.25) is 10.0 Å². The van der Waals surface area contributed by atoms with E-state index in [1.54, 1.807) is 48.5 Å². The van der Waals surface area contributed by atoms with E-state index in [1.807, 2.05) is 0 Å². The van der Waals surface area contributed by atoms with E-state index >= 15 is 0 Å². The van der Waals surface area contributed by atoms with Crippen molar-refractivity contribution in [3.63, 3.8) is 0 Å². The Hall–Kier alpha value is -2.25. The number of benzene rings is 2. The maximum Gasteiger partial charge on any atom is 0.253 e. The number of nitrogens with zero attached hydrogens (tertiary/aromatic N) is 1. The maximum absolute atomic E-state index is 12.3. The van der Waals surface area contributed by atoms with Crippen molar-refractivity contribution in [3.8, 4) is 5.75 Å². The van der Waals surface area contributed by atoms with Crippen LogP contribution in [0.3, 0.4) is 0 Å². The Morgan fingerprint density at radius 1 is 1.16 bits per heavy atom. The van der Waals surface area contributed by atoms with Gasteiger partial charge < -0.3 is 10.1 Å². The van der Waals surface area contributed by atoms with Gasteiger partial charge in [-0.2, -0.15) is 0 Å². The van der Waals surface area contributed by atoms with E-state index in [1.165, 1.54) is 7.05 Å². The second kappa shape index (κ2) is 8.22. The quantitative estimate of drug-likeness (QED) is 0.746. The molecule has 134 valence electrons. The second-order valence-electron chi connectivity index (χ2n) is 5.31. The zero-order valence-corrected chi connectivity index (χ0v) is 15.5. The lowest BCUT2D eigenvalue weighted by molar-refractivity contribution is 0.0947. The summed E-state index contributed by atoms with van der Waals surface area (Å²) >= 11 is 5.80. The van der Waals surface area contributed by atoms with Crippen LogP contribution in [-0.2, 0) is 10.0 Å². The van der Waals surface area contributed by atoms with Crippen molar-refractivity contribution in [3.05, 3.63) is 59.1 Å². The van der Waals surface area contributed by atoms with Crippen molar-refractivity contribution in [2.75, 3.05) is 30.8 Å². The first kappa shape index (κ1) is 19.1. The fraction of sp³-hybridized carbons (Fsp3) is 0.235. The molecule has 0 saturated carbocycles. The van der Waals surface area contributed by atoms with Gasteiger partial charge in [-0.25, -0.2) is 8.42 Å². The molecule has 1 amide bonds. The van der Waals surface area contributed by atoms with E-state index < -0.39 is 10.0 Å². The van der Waals surface area contributed by atoms with Crippen molar-refractivity contribution in [1.82, 2.24) is 5.32 Å². The van der Waals surface area contributed by atoms with Crippen LogP contribution >= 0.6 is 11.6 Å². The molecule has 0 aromatic heterocycles. The minimum atomic E-state index is -3.46. The Balaban J connectivity index is 1.96. The van der Waals surface area contributed by atoms with E-state index in [9.17, 15) is 13.2 Å². The highest BCUT2D eigenvalue weighted by Crippen LogP contribution is 2.21. The molecule has 0 fully saturated rings. The Morgan fingerprint density at radius 2 is 1.80 bits per heavy atom. The summed E-state index contributed by atoms with van der Waals surface area (Å²) in [6.07, 6.45) is 1.08. The zero-order valence-electron chi connectivity index (χ0n) is 13.9. The van der Waals surface area contributed by atoms with Gasteiger partial charge in [0, 0.05) is 12.1 Å². The highest BCUT2D eigenvalue weighted by Gasteiger charge is 2.19. The molecule has 2 rings (SSSR count). The smallest absolute Gasteiger partial charge is 0.253 e. The molecule has 0 unspecified atom stereocenters. The standard InChI is InChI=1S/C17H19ClN2O4S/c1-20(25(2,22)23)16-6-4-3-5-15(16)17(21)19-11-12-24-14-9-7-13(18)8-10-14/h3-10H,11-12H2,1-2H3,(H,19,21). The third-order valence-electron chi connectivity index (χ3n) is 3.46. The molecule has 0 aliphatic heterocycles. The van der Waals surface area contributed by atoms with Crippen molar-refractivity contribution in [1.29, 1.82) is 0 Å². The molecule has 0 aliphatic carbocycles. The molecule has 6 nitrogen and oxygen atoms in total. The monoisotopic (exact) mass is 382 g/mol. The summed E-state index contributed by atoms with van der Waals surface area (Å²) in [5, 5.41) is 3.33. The molecule has 0 radical (unpaired) electrons. The average molecular weight is 383 g/mol. The molecule has 0 saturated heterocycles. The van der Waals surface area contributed by atoms with Gasteiger partial charge in [0.15, 0.2) is 0 Å². The number of ether oxygens (including phenoxy) is 1. The topological polar surface area (TPSA) is 75.7 Å². The molecule has 2 aromatic carbocycles. The number of amides is 1. The minimum Gasteiger partial charge on any atom is -0.492 e. The van der Waals surface area contributed by atoms with Crippen LogP contribution in [0.5, 0.6) is 5.75 Å². The molecule has 0 spiro atoms. The number of anilines is 1. The Kier molecular flexibility index (Phi) is 6.27. The summed E-state index contributed by atoms with van der Waals surface area (Å²) in [5.41, 5.74) is 0.600. The molecular formula is C17H19ClN2O4S. The minimum absolute atomic E-state index is 0.275. The molecular weight excluding hydrogens is 364 g/mol. The van der Waals surface area contributed by atoms with Crippen molar-refractivity contribution in [2.24, 2.45) is 0 Å². The van der Waals surface area contributed by atoms with Gasteiger partial charge >= 0.3 is 0 Å². The van der Waals surface area contributed by atoms with Gasteiger partial charge in [-0.1, -0.05) is 23.7 Å². The number of halogens is 1. The zero-order chi connectivity index (χ0) is 18.4. The van der Waals surface area contributed by atoms with E-state index in [-0.39, 0.29) is 24.6 Å². The number of rotatable bonds is 7. The molecule has 8 heteroatoms. The SMILES string of the molecule is CN(c1ccccc1C(=O)NCCOc1ccc(Cl)cc1)S(C)(=O)=O. The molecule has 25 heavy (non-hydrogen) atoms. The third-order valence-corrected chi connectivity index (χ3v) is 4.90. The van der Waals surface area contributed by atoms with Crippen LogP contribution in [0.25, 0.3) is 0 Å². The highest BCUT2D eigenvalue weighted by molar-refractivity contribution is 7.92. The second-order valence-corrected chi connectivity index (χ2v) is 7.76. The summed E-state index contributed by atoms with van der Waals surface area (Å²) in [6, 6.07) is 13.4. The fourth-order valence-corrected chi connectivity index (χ4v) is 2.72. The summed E-state index contributed by atoms with van der Waals surface area (Å²) in [6.45, 7) is 0.551. The van der Waals surface area contributed by atoms with Crippen LogP contribution in [0.1, 0.15) is 10.4 Å². The predicted molar refractivity (Wildman–Crippen MR) is 99.0 cm³/mol. The summed E-state index contributed by atoms with van der Waals surface area (Å²) in [7, 11) is -2.05. The van der Waals surface area contributed by atoms with Crippen LogP contribution < -0.4 is 14.4 Å². The Bertz CT molecular complexity index is 838. The maximum atomic E-state index is 12.3. The lowest BCUT2D eigenvalue weighted by Crippen LogP contribution is -2.31. The number of hydrogen-bond acceptors (Lipinski definition) is 4. The van der Waals surface area contributed by atoms with Crippen LogP contribution in [0.15, 0.2) is 48.5 Å². The molecule has 0 heterocycles. The van der Waals surface area contributed by atoms with E-state index in [0.717, 1.165) is 10.6 Å². The number of carbonyl (C=O) groups is 1. The number of para-hydroxylation sites is 1. The van der Waals surface area contributed by atoms with E-state index in [0.29, 0.717) is 16.5 Å². The van der Waals surface area contributed by atoms with Crippen molar-refractivity contribution >= 4 is 33.2 Å². The number of nitrogens with one attached hydrogen (secondary N) is 1. The van der Waals surface area contributed by atoms with E-state index in [2.05, 4.69) is 5.32 Å². The van der Waals surface area contributed by atoms with Gasteiger partial charge in [-0.05, 0) is 36.4 Å². The number of hydrogen-bond donors (Lipinski definition) is 1. The fourth-order valence-electron chi connectivity index (χ4n) is 2.08. The number of sulfonamides is 1. The van der Waals surface area contributed by atoms with Crippen molar-refractivity contribution < 1.29 is 17.9 Å². The Morgan fingerprint density at radius 3 is 2.44 bits per heavy atom. The highest BCUT2D eigenvalue weighted by atomic mass is 35.5. The van der Waals surface area contributed by atoms with Crippen LogP contribution in [-0.4, -0.2) is 40.8 Å². The van der Waals surface area contributed by atoms with Crippen LogP contribution in [0, 0.1) is 0 Å². The normalized spacial score (nSPS) is 11.0. The summed E-state index contributed by atoms with van der Waals surface area (Å²) < 4.78 is 30.0. The average Bonchev–Trinajstić information content (AvgIpc) is 2.58. The molecule has 0 bridgehead atoms. The summed E-state index contributed by atoms with van der Waals surface area (Å²) in [4.78, 5) is 12.3. The van der Waals surface area contributed by atoms with Crippen LogP contribution in [0.4, 0.5) is 5.69 Å². The molecule has 1 N–H and O–H groups in total. The van der Waals surface area contributed by atoms with Gasteiger partial charge in [-0.3, -0.25) is 9.10 Å². The first-order valence-electron chi connectivity index (χ1n) is 7.48. The van der Waals surface area contributed by atoms with E-state index in [4.69, 9.17) is 16.3 Å². The Labute approximate surface area is 152 Å². The molecule has 0 atom stereocenters. The molecule has 0 aliphatic rings. The van der Waals surface area contributed by atoms with Gasteiger partial charge in [0.05, 0.1) is 24.1 Å². The first-order valence-corrected chi connectivity index (χ1v) is 9.71. The van der Waals surface area contributed by atoms with Gasteiger partial charge in [0.25, 0.3) is 5.91 Å². The lowest BCUT2D eigenvalue weighted by atomic mass is 10.1. The summed E-state index contributed by atoms with van der Waals surface area (Å²) in [5.74, 6) is 0.279. The molecule has 2 aromatic rings. The van der Waals surface area contributed by atoms with Crippen molar-refractivity contribution in [2.45, 2.75) is 0 Å². The van der Waals surface area contributed by atoms with Gasteiger partial charge in [-0.15, -0.1) is 0 Å². The third kappa shape index (κ3) is 5.37. The number of carbonyl (C=O) groups excluding carboxylic acids is 1. The largest absolute Gasteiger partial charge is 0.492 e. The van der Waals surface area contributed by atoms with Gasteiger partial charge in [0.1, 0.15) is 12.4 Å². The lowest BCUT2D eigenvalue weighted by Gasteiger charge is -2.19.